The third kappa shape index (κ3) is 5.29. The van der Waals surface area contributed by atoms with Gasteiger partial charge in [-0.1, -0.05) is 30.3 Å². The zero-order chi connectivity index (χ0) is 21.5. The number of amides is 1. The monoisotopic (exact) mass is 404 g/mol. The summed E-state index contributed by atoms with van der Waals surface area (Å²) in [7, 11) is 0. The number of non-ortho nitro benzene ring substituents is 1. The number of nitro groups is 1. The van der Waals surface area contributed by atoms with Crippen LogP contribution in [0.2, 0.25) is 0 Å². The van der Waals surface area contributed by atoms with Crippen molar-refractivity contribution in [3.63, 3.8) is 0 Å². The normalized spacial score (nSPS) is 10.5. The molecule has 0 saturated heterocycles. The number of carbonyl (C=O) groups is 2. The van der Waals surface area contributed by atoms with E-state index in [0.717, 1.165) is 6.08 Å². The number of carboxylic acids is 1. The van der Waals surface area contributed by atoms with Gasteiger partial charge in [-0.3, -0.25) is 14.9 Å². The Morgan fingerprint density at radius 2 is 1.73 bits per heavy atom. The predicted octanol–water partition coefficient (Wildman–Crippen LogP) is 4.74. The van der Waals surface area contributed by atoms with Crippen LogP contribution in [-0.4, -0.2) is 21.9 Å². The molecule has 3 aromatic rings. The molecule has 0 radical (unpaired) electrons. The smallest absolute Gasteiger partial charge is 0.337 e. The van der Waals surface area contributed by atoms with Crippen LogP contribution >= 0.6 is 0 Å². The highest BCUT2D eigenvalue weighted by atomic mass is 16.6. The van der Waals surface area contributed by atoms with Crippen molar-refractivity contribution >= 4 is 29.3 Å². The van der Waals surface area contributed by atoms with Gasteiger partial charge in [0.1, 0.15) is 11.5 Å². The predicted molar refractivity (Wildman–Crippen MR) is 111 cm³/mol. The lowest BCUT2D eigenvalue weighted by Crippen LogP contribution is -2.12. The van der Waals surface area contributed by atoms with E-state index in [1.54, 1.807) is 30.3 Å². The Morgan fingerprint density at radius 3 is 2.43 bits per heavy atom. The van der Waals surface area contributed by atoms with E-state index in [0.29, 0.717) is 17.1 Å². The molecule has 2 N–H and O–H groups in total. The van der Waals surface area contributed by atoms with Crippen LogP contribution in [0.5, 0.6) is 11.5 Å². The van der Waals surface area contributed by atoms with Gasteiger partial charge < -0.3 is 15.2 Å². The minimum atomic E-state index is -1.21. The number of nitrogens with one attached hydrogen (secondary N) is 1. The van der Waals surface area contributed by atoms with Crippen LogP contribution < -0.4 is 10.1 Å². The van der Waals surface area contributed by atoms with Gasteiger partial charge in [0.05, 0.1) is 16.2 Å². The van der Waals surface area contributed by atoms with Crippen LogP contribution in [0.3, 0.4) is 0 Å². The molecule has 0 aliphatic heterocycles. The Balaban J connectivity index is 1.79. The first kappa shape index (κ1) is 20.3. The first-order valence-corrected chi connectivity index (χ1v) is 8.76. The SMILES string of the molecule is O=C(C=Cc1cccc([N+](=O)[O-])c1)Nc1cc(Oc2ccccc2)ccc1C(=O)O. The summed E-state index contributed by atoms with van der Waals surface area (Å²) >= 11 is 0. The largest absolute Gasteiger partial charge is 0.478 e. The number of aromatic carboxylic acids is 1. The third-order valence-corrected chi connectivity index (χ3v) is 3.97. The van der Waals surface area contributed by atoms with Crippen molar-refractivity contribution in [1.82, 2.24) is 0 Å². The number of para-hydroxylation sites is 1. The summed E-state index contributed by atoms with van der Waals surface area (Å²) in [5.74, 6) is -0.896. The molecule has 30 heavy (non-hydrogen) atoms. The van der Waals surface area contributed by atoms with Crippen LogP contribution in [0.25, 0.3) is 6.08 Å². The summed E-state index contributed by atoms with van der Waals surface area (Å²) in [6, 6.07) is 18.9. The number of anilines is 1. The fourth-order valence-corrected chi connectivity index (χ4v) is 2.59. The number of carbonyl (C=O) groups excluding carboxylic acids is 1. The molecule has 3 rings (SSSR count). The molecule has 0 aliphatic rings. The summed E-state index contributed by atoms with van der Waals surface area (Å²) < 4.78 is 5.67. The fraction of sp³-hybridized carbons (Fsp3) is 0. The van der Waals surface area contributed by atoms with Crippen LogP contribution in [-0.2, 0) is 4.79 Å². The Kier molecular flexibility index (Phi) is 6.19. The molecule has 0 saturated carbocycles. The van der Waals surface area contributed by atoms with Crippen molar-refractivity contribution in [2.24, 2.45) is 0 Å². The number of ether oxygens (including phenoxy) is 1. The van der Waals surface area contributed by atoms with Gasteiger partial charge in [0.2, 0.25) is 5.91 Å². The highest BCUT2D eigenvalue weighted by molar-refractivity contribution is 6.06. The molecule has 0 aliphatic carbocycles. The van der Waals surface area contributed by atoms with Gasteiger partial charge in [0, 0.05) is 24.3 Å². The van der Waals surface area contributed by atoms with Crippen molar-refractivity contribution < 1.29 is 24.4 Å². The number of carboxylic acid groups (broad SMARTS) is 1. The van der Waals surface area contributed by atoms with E-state index in [1.165, 1.54) is 42.5 Å². The summed E-state index contributed by atoms with van der Waals surface area (Å²) in [5, 5.41) is 22.7. The van der Waals surface area contributed by atoms with E-state index in [2.05, 4.69) is 5.32 Å². The Labute approximate surface area is 171 Å². The van der Waals surface area contributed by atoms with Gasteiger partial charge in [-0.2, -0.15) is 0 Å². The molecule has 0 spiro atoms. The zero-order valence-corrected chi connectivity index (χ0v) is 15.5. The molecule has 8 heteroatoms. The maximum atomic E-state index is 12.3. The van der Waals surface area contributed by atoms with Crippen molar-refractivity contribution in [2.45, 2.75) is 0 Å². The number of benzene rings is 3. The molecule has 8 nitrogen and oxygen atoms in total. The second-order valence-electron chi connectivity index (χ2n) is 6.10. The molecule has 0 atom stereocenters. The maximum Gasteiger partial charge on any atom is 0.337 e. The lowest BCUT2D eigenvalue weighted by molar-refractivity contribution is -0.384. The molecule has 0 bridgehead atoms. The molecule has 3 aromatic carbocycles. The van der Waals surface area contributed by atoms with Crippen LogP contribution in [0.15, 0.2) is 78.9 Å². The van der Waals surface area contributed by atoms with Gasteiger partial charge in [0.15, 0.2) is 0 Å². The first-order valence-electron chi connectivity index (χ1n) is 8.76. The van der Waals surface area contributed by atoms with Crippen molar-refractivity contribution in [2.75, 3.05) is 5.32 Å². The van der Waals surface area contributed by atoms with E-state index in [9.17, 15) is 24.8 Å². The average Bonchev–Trinajstić information content (AvgIpc) is 2.73. The van der Waals surface area contributed by atoms with Crippen LogP contribution in [0.1, 0.15) is 15.9 Å². The molecule has 0 fully saturated rings. The van der Waals surface area contributed by atoms with Crippen molar-refractivity contribution in [3.8, 4) is 11.5 Å². The van der Waals surface area contributed by atoms with Gasteiger partial charge in [-0.25, -0.2) is 4.79 Å². The van der Waals surface area contributed by atoms with Gasteiger partial charge in [-0.05, 0) is 35.9 Å². The maximum absolute atomic E-state index is 12.3. The Bertz CT molecular complexity index is 1130. The van der Waals surface area contributed by atoms with Crippen molar-refractivity contribution in [1.29, 1.82) is 0 Å². The molecule has 0 unspecified atom stereocenters. The zero-order valence-electron chi connectivity index (χ0n) is 15.5. The van der Waals surface area contributed by atoms with E-state index in [4.69, 9.17) is 4.74 Å². The Morgan fingerprint density at radius 1 is 0.967 bits per heavy atom. The summed E-state index contributed by atoms with van der Waals surface area (Å²) in [6.07, 6.45) is 2.56. The second-order valence-corrected chi connectivity index (χ2v) is 6.10. The van der Waals surface area contributed by atoms with E-state index in [-0.39, 0.29) is 16.9 Å². The molecule has 0 aromatic heterocycles. The molecule has 1 amide bonds. The molecular formula is C22H16N2O6. The number of hydrogen-bond donors (Lipinski definition) is 2. The summed E-state index contributed by atoms with van der Waals surface area (Å²) in [6.45, 7) is 0. The number of nitrogens with zero attached hydrogens (tertiary/aromatic N) is 1. The number of rotatable bonds is 7. The number of nitro benzene ring substituents is 1. The second kappa shape index (κ2) is 9.16. The molecular weight excluding hydrogens is 388 g/mol. The topological polar surface area (TPSA) is 119 Å². The van der Waals surface area contributed by atoms with E-state index >= 15 is 0 Å². The summed E-state index contributed by atoms with van der Waals surface area (Å²) in [4.78, 5) is 34.1. The van der Waals surface area contributed by atoms with Crippen LogP contribution in [0, 0.1) is 10.1 Å². The number of hydrogen-bond acceptors (Lipinski definition) is 5. The minimum Gasteiger partial charge on any atom is -0.478 e. The highest BCUT2D eigenvalue weighted by Gasteiger charge is 2.13. The van der Waals surface area contributed by atoms with Gasteiger partial charge >= 0.3 is 5.97 Å². The quantitative estimate of drug-likeness (QED) is 0.334. The van der Waals surface area contributed by atoms with Gasteiger partial charge in [-0.15, -0.1) is 0 Å². The fourth-order valence-electron chi connectivity index (χ4n) is 2.59. The molecule has 150 valence electrons. The lowest BCUT2D eigenvalue weighted by Gasteiger charge is -2.11. The summed E-state index contributed by atoms with van der Waals surface area (Å²) in [5.41, 5.74) is 0.313. The highest BCUT2D eigenvalue weighted by Crippen LogP contribution is 2.27. The van der Waals surface area contributed by atoms with E-state index < -0.39 is 16.8 Å². The first-order chi connectivity index (χ1) is 14.4. The average molecular weight is 404 g/mol. The standard InChI is InChI=1S/C22H16N2O6/c25-21(12-9-15-5-4-6-16(13-15)24(28)29)23-20-14-18(10-11-19(20)22(26)27)30-17-7-2-1-3-8-17/h1-14H,(H,23,25)(H,26,27). The Hall–Kier alpha value is -4.46. The van der Waals surface area contributed by atoms with E-state index in [1.807, 2.05) is 6.07 Å². The minimum absolute atomic E-state index is 0.0598. The van der Waals surface area contributed by atoms with Crippen LogP contribution in [0.4, 0.5) is 11.4 Å². The van der Waals surface area contributed by atoms with Gasteiger partial charge in [0.25, 0.3) is 5.69 Å². The third-order valence-electron chi connectivity index (χ3n) is 3.97. The molecule has 0 heterocycles. The lowest BCUT2D eigenvalue weighted by atomic mass is 10.1. The van der Waals surface area contributed by atoms with Crippen molar-refractivity contribution in [3.05, 3.63) is 100 Å².